The molecular formula is C11H18ClN3O2S. The average Bonchev–Trinajstić information content (AvgIpc) is 2.34. The van der Waals surface area contributed by atoms with Gasteiger partial charge in [-0.05, 0) is 25.2 Å². The number of hydrogen-bond acceptors (Lipinski definition) is 4. The molecule has 1 rings (SSSR count). The molecule has 1 aromatic rings. The molecule has 0 aliphatic carbocycles. The van der Waals surface area contributed by atoms with Gasteiger partial charge in [-0.1, -0.05) is 25.4 Å². The Balaban J connectivity index is 2.60. The zero-order valence-electron chi connectivity index (χ0n) is 10.6. The molecule has 1 heterocycles. The summed E-state index contributed by atoms with van der Waals surface area (Å²) in [6.45, 7) is 6.95. The summed E-state index contributed by atoms with van der Waals surface area (Å²) >= 11 is 5.67. The van der Waals surface area contributed by atoms with Crippen LogP contribution in [0.1, 0.15) is 13.8 Å². The third-order valence-electron chi connectivity index (χ3n) is 2.62. The number of rotatable bonds is 7. The summed E-state index contributed by atoms with van der Waals surface area (Å²) in [4.78, 5) is 6.04. The van der Waals surface area contributed by atoms with Crippen molar-refractivity contribution in [2.45, 2.75) is 18.7 Å². The molecule has 102 valence electrons. The van der Waals surface area contributed by atoms with Crippen molar-refractivity contribution in [3.8, 4) is 0 Å². The highest BCUT2D eigenvalue weighted by molar-refractivity contribution is 7.89. The highest BCUT2D eigenvalue weighted by Gasteiger charge is 2.14. The Bertz CT molecular complexity index is 475. The van der Waals surface area contributed by atoms with Gasteiger partial charge in [0, 0.05) is 19.3 Å². The molecule has 0 aliphatic rings. The minimum absolute atomic E-state index is 0.141. The van der Waals surface area contributed by atoms with Gasteiger partial charge in [-0.25, -0.2) is 18.1 Å². The first kappa shape index (κ1) is 15.4. The Kier molecular flexibility index (Phi) is 6.01. The summed E-state index contributed by atoms with van der Waals surface area (Å²) in [5.74, 6) is 0. The fourth-order valence-electron chi connectivity index (χ4n) is 1.51. The van der Waals surface area contributed by atoms with E-state index in [4.69, 9.17) is 11.6 Å². The molecule has 5 nitrogen and oxygen atoms in total. The van der Waals surface area contributed by atoms with Gasteiger partial charge in [0.05, 0.1) is 4.90 Å². The second-order valence-corrected chi connectivity index (χ2v) is 5.89. The molecule has 0 atom stereocenters. The van der Waals surface area contributed by atoms with Gasteiger partial charge in [-0.3, -0.25) is 0 Å². The Morgan fingerprint density at radius 1 is 1.39 bits per heavy atom. The van der Waals surface area contributed by atoms with Crippen molar-refractivity contribution in [1.29, 1.82) is 0 Å². The highest BCUT2D eigenvalue weighted by Crippen LogP contribution is 2.12. The molecule has 7 heteroatoms. The maximum atomic E-state index is 11.9. The second kappa shape index (κ2) is 7.04. The molecule has 0 fully saturated rings. The smallest absolute Gasteiger partial charge is 0.240 e. The number of hydrogen-bond donors (Lipinski definition) is 1. The third kappa shape index (κ3) is 4.53. The van der Waals surface area contributed by atoms with E-state index < -0.39 is 10.0 Å². The van der Waals surface area contributed by atoms with E-state index in [2.05, 4.69) is 14.6 Å². The molecule has 0 bridgehead atoms. The van der Waals surface area contributed by atoms with Crippen LogP contribution in [0.2, 0.25) is 5.15 Å². The number of nitrogens with one attached hydrogen (secondary N) is 1. The summed E-state index contributed by atoms with van der Waals surface area (Å²) < 4.78 is 26.4. The van der Waals surface area contributed by atoms with Gasteiger partial charge < -0.3 is 4.90 Å². The molecule has 0 aliphatic heterocycles. The van der Waals surface area contributed by atoms with Crippen molar-refractivity contribution in [3.05, 3.63) is 23.5 Å². The van der Waals surface area contributed by atoms with E-state index in [1.807, 2.05) is 13.8 Å². The van der Waals surface area contributed by atoms with Gasteiger partial charge in [0.25, 0.3) is 0 Å². The quantitative estimate of drug-likeness (QED) is 0.771. The zero-order valence-corrected chi connectivity index (χ0v) is 12.1. The predicted octanol–water partition coefficient (Wildman–Crippen LogP) is 1.36. The van der Waals surface area contributed by atoms with Gasteiger partial charge in [0.1, 0.15) is 5.15 Å². The number of likely N-dealkylation sites (N-methyl/N-ethyl adjacent to an activating group) is 1. The van der Waals surface area contributed by atoms with E-state index >= 15 is 0 Å². The summed E-state index contributed by atoms with van der Waals surface area (Å²) in [6.07, 6.45) is 1.38. The third-order valence-corrected chi connectivity index (χ3v) is 4.29. The maximum Gasteiger partial charge on any atom is 0.240 e. The van der Waals surface area contributed by atoms with Gasteiger partial charge >= 0.3 is 0 Å². The van der Waals surface area contributed by atoms with Gasteiger partial charge in [-0.2, -0.15) is 0 Å². The molecule has 0 amide bonds. The number of nitrogens with zero attached hydrogens (tertiary/aromatic N) is 2. The lowest BCUT2D eigenvalue weighted by molar-refractivity contribution is 0.309. The van der Waals surface area contributed by atoms with Crippen molar-refractivity contribution in [2.75, 3.05) is 26.2 Å². The SMILES string of the molecule is CCN(CC)CCNS(=O)(=O)c1ccnc(Cl)c1. The van der Waals surface area contributed by atoms with Crippen molar-refractivity contribution in [1.82, 2.24) is 14.6 Å². The fourth-order valence-corrected chi connectivity index (χ4v) is 2.79. The van der Waals surface area contributed by atoms with Gasteiger partial charge in [0.15, 0.2) is 0 Å². The first-order valence-corrected chi connectivity index (χ1v) is 7.69. The van der Waals surface area contributed by atoms with Crippen LogP contribution < -0.4 is 4.72 Å². The number of pyridine rings is 1. The molecule has 0 aromatic carbocycles. The van der Waals surface area contributed by atoms with Crippen LogP contribution in [0.5, 0.6) is 0 Å². The fraction of sp³-hybridized carbons (Fsp3) is 0.545. The van der Waals surface area contributed by atoms with Crippen LogP contribution in [0, 0.1) is 0 Å². The number of halogens is 1. The predicted molar refractivity (Wildman–Crippen MR) is 72.2 cm³/mol. The molecule has 18 heavy (non-hydrogen) atoms. The number of aromatic nitrogens is 1. The van der Waals surface area contributed by atoms with Crippen molar-refractivity contribution >= 4 is 21.6 Å². The Hall–Kier alpha value is -0.690. The zero-order chi connectivity index (χ0) is 13.6. The Labute approximate surface area is 113 Å². The van der Waals surface area contributed by atoms with Crippen LogP contribution in [-0.4, -0.2) is 44.5 Å². The topological polar surface area (TPSA) is 62.3 Å². The van der Waals surface area contributed by atoms with E-state index in [-0.39, 0.29) is 10.0 Å². The maximum absolute atomic E-state index is 11.9. The average molecular weight is 292 g/mol. The van der Waals surface area contributed by atoms with E-state index in [0.717, 1.165) is 13.1 Å². The first-order valence-electron chi connectivity index (χ1n) is 5.83. The Morgan fingerprint density at radius 2 is 2.06 bits per heavy atom. The Morgan fingerprint density at radius 3 is 2.61 bits per heavy atom. The molecule has 0 spiro atoms. The largest absolute Gasteiger partial charge is 0.303 e. The lowest BCUT2D eigenvalue weighted by atomic mass is 10.5. The van der Waals surface area contributed by atoms with E-state index in [1.54, 1.807) is 0 Å². The van der Waals surface area contributed by atoms with Crippen molar-refractivity contribution in [3.63, 3.8) is 0 Å². The van der Waals surface area contributed by atoms with Crippen LogP contribution in [0.25, 0.3) is 0 Å². The first-order chi connectivity index (χ1) is 8.49. The van der Waals surface area contributed by atoms with E-state index in [1.165, 1.54) is 18.3 Å². The van der Waals surface area contributed by atoms with Crippen molar-refractivity contribution in [2.24, 2.45) is 0 Å². The standard InChI is InChI=1S/C11H18ClN3O2S/c1-3-15(4-2)8-7-14-18(16,17)10-5-6-13-11(12)9-10/h5-6,9,14H,3-4,7-8H2,1-2H3. The monoisotopic (exact) mass is 291 g/mol. The lowest BCUT2D eigenvalue weighted by Gasteiger charge is -2.17. The molecule has 1 N–H and O–H groups in total. The number of sulfonamides is 1. The molecule has 0 unspecified atom stereocenters. The minimum atomic E-state index is -3.50. The normalized spacial score (nSPS) is 12.0. The van der Waals surface area contributed by atoms with Crippen LogP contribution in [0.15, 0.2) is 23.2 Å². The summed E-state index contributed by atoms with van der Waals surface area (Å²) in [5.41, 5.74) is 0. The molecule has 0 saturated heterocycles. The van der Waals surface area contributed by atoms with Crippen LogP contribution in [0.3, 0.4) is 0 Å². The van der Waals surface area contributed by atoms with Gasteiger partial charge in [-0.15, -0.1) is 0 Å². The second-order valence-electron chi connectivity index (χ2n) is 3.74. The highest BCUT2D eigenvalue weighted by atomic mass is 35.5. The summed E-state index contributed by atoms with van der Waals surface area (Å²) in [7, 11) is -3.50. The van der Waals surface area contributed by atoms with E-state index in [0.29, 0.717) is 13.1 Å². The van der Waals surface area contributed by atoms with E-state index in [9.17, 15) is 8.42 Å². The van der Waals surface area contributed by atoms with Crippen LogP contribution in [-0.2, 0) is 10.0 Å². The lowest BCUT2D eigenvalue weighted by Crippen LogP contribution is -2.34. The molecular weight excluding hydrogens is 274 g/mol. The van der Waals surface area contributed by atoms with Gasteiger partial charge in [0.2, 0.25) is 10.0 Å². The summed E-state index contributed by atoms with van der Waals surface area (Å²) in [6, 6.07) is 2.76. The summed E-state index contributed by atoms with van der Waals surface area (Å²) in [5, 5.41) is 0.168. The molecule has 0 saturated carbocycles. The van der Waals surface area contributed by atoms with Crippen molar-refractivity contribution < 1.29 is 8.42 Å². The molecule has 1 aromatic heterocycles. The minimum Gasteiger partial charge on any atom is -0.303 e. The van der Waals surface area contributed by atoms with Crippen LogP contribution in [0.4, 0.5) is 0 Å². The van der Waals surface area contributed by atoms with Crippen LogP contribution >= 0.6 is 11.6 Å². The molecule has 0 radical (unpaired) electrons.